The molecule has 0 radical (unpaired) electrons. The van der Waals surface area contributed by atoms with Crippen molar-refractivity contribution in [3.63, 3.8) is 0 Å². The molecule has 0 saturated heterocycles. The minimum Gasteiger partial charge on any atom is -0.480 e. The average molecular weight is 364 g/mol. The fourth-order valence-electron chi connectivity index (χ4n) is 4.70. The highest BCUT2D eigenvalue weighted by Crippen LogP contribution is 2.34. The first-order valence-corrected chi connectivity index (χ1v) is 10.3. The van der Waals surface area contributed by atoms with E-state index in [4.69, 9.17) is 0 Å². The molecule has 3 N–H and O–H groups in total. The van der Waals surface area contributed by atoms with Crippen molar-refractivity contribution in [2.75, 3.05) is 0 Å². The van der Waals surface area contributed by atoms with Crippen LogP contribution in [0.15, 0.2) is 0 Å². The van der Waals surface area contributed by atoms with Crippen LogP contribution in [0.2, 0.25) is 0 Å². The lowest BCUT2D eigenvalue weighted by atomic mass is 9.75. The molecule has 0 aromatic carbocycles. The maximum atomic E-state index is 12.4. The van der Waals surface area contributed by atoms with Crippen molar-refractivity contribution in [2.24, 2.45) is 11.8 Å². The lowest BCUT2D eigenvalue weighted by Crippen LogP contribution is -2.60. The molecular weight excluding hydrogens is 332 g/mol. The van der Waals surface area contributed by atoms with Gasteiger partial charge in [0.05, 0.1) is 0 Å². The molecule has 3 saturated carbocycles. The van der Waals surface area contributed by atoms with Crippen molar-refractivity contribution < 1.29 is 19.5 Å². The lowest BCUT2D eigenvalue weighted by molar-refractivity contribution is -0.152. The van der Waals surface area contributed by atoms with Crippen molar-refractivity contribution in [3.8, 4) is 0 Å². The summed E-state index contributed by atoms with van der Waals surface area (Å²) in [5, 5.41) is 15.3. The summed E-state index contributed by atoms with van der Waals surface area (Å²) in [4.78, 5) is 36.1. The first-order chi connectivity index (χ1) is 12.5. The molecule has 0 atom stereocenters. The molecule has 6 heteroatoms. The molecule has 0 aliphatic heterocycles. The zero-order chi connectivity index (χ0) is 18.6. The molecule has 0 spiro atoms. The highest BCUT2D eigenvalue weighted by molar-refractivity contribution is 5.88. The zero-order valence-electron chi connectivity index (χ0n) is 15.6. The minimum atomic E-state index is -1.03. The molecule has 0 bridgehead atoms. The summed E-state index contributed by atoms with van der Waals surface area (Å²) in [5.74, 6) is -0.470. The molecule has 3 fully saturated rings. The van der Waals surface area contributed by atoms with E-state index in [0.29, 0.717) is 25.2 Å². The fraction of sp³-hybridized carbons (Fsp3) is 0.850. The van der Waals surface area contributed by atoms with Gasteiger partial charge in [-0.3, -0.25) is 9.59 Å². The van der Waals surface area contributed by atoms with E-state index in [1.54, 1.807) is 0 Å². The highest BCUT2D eigenvalue weighted by Gasteiger charge is 2.46. The van der Waals surface area contributed by atoms with Gasteiger partial charge in [-0.25, -0.2) is 4.79 Å². The number of aliphatic carboxylic acids is 1. The Kier molecular flexibility index (Phi) is 6.20. The summed E-state index contributed by atoms with van der Waals surface area (Å²) >= 11 is 0. The number of carboxylic acids is 1. The Morgan fingerprint density at radius 1 is 0.885 bits per heavy atom. The standard InChI is InChI=1S/C20H32N2O4/c23-17(13-14-5-2-1-3-6-14)21-16-9-7-15(8-10-16)18(24)22-20(19(25)26)11-4-12-20/h14-16H,1-13H2,(H,21,23)(H,22,24)(H,25,26). The maximum Gasteiger partial charge on any atom is 0.329 e. The molecule has 0 aromatic heterocycles. The quantitative estimate of drug-likeness (QED) is 0.675. The number of amides is 2. The molecule has 0 aromatic rings. The van der Waals surface area contributed by atoms with Crippen LogP contribution in [0.25, 0.3) is 0 Å². The summed E-state index contributed by atoms with van der Waals surface area (Å²) in [6.07, 6.45) is 11.7. The van der Waals surface area contributed by atoms with Crippen LogP contribution in [0.3, 0.4) is 0 Å². The molecule has 146 valence electrons. The third-order valence-corrected chi connectivity index (χ3v) is 6.64. The monoisotopic (exact) mass is 364 g/mol. The molecule has 0 heterocycles. The number of carbonyl (C=O) groups excluding carboxylic acids is 2. The molecule has 3 aliphatic carbocycles. The van der Waals surface area contributed by atoms with Gasteiger partial charge in [0.25, 0.3) is 0 Å². The number of carboxylic acid groups (broad SMARTS) is 1. The van der Waals surface area contributed by atoms with E-state index in [1.807, 2.05) is 0 Å². The average Bonchev–Trinajstić information content (AvgIpc) is 2.59. The van der Waals surface area contributed by atoms with Crippen molar-refractivity contribution in [1.29, 1.82) is 0 Å². The summed E-state index contributed by atoms with van der Waals surface area (Å²) in [5.41, 5.74) is -1.03. The zero-order valence-corrected chi connectivity index (χ0v) is 15.6. The Morgan fingerprint density at radius 3 is 2.08 bits per heavy atom. The van der Waals surface area contributed by atoms with Crippen molar-refractivity contribution in [2.45, 2.75) is 95.1 Å². The van der Waals surface area contributed by atoms with Crippen molar-refractivity contribution >= 4 is 17.8 Å². The first kappa shape index (κ1) is 19.2. The molecule has 0 unspecified atom stereocenters. The Balaban J connectivity index is 1.39. The summed E-state index contributed by atoms with van der Waals surface area (Å²) in [6, 6.07) is 0.160. The maximum absolute atomic E-state index is 12.4. The normalized spacial score (nSPS) is 28.6. The highest BCUT2D eigenvalue weighted by atomic mass is 16.4. The Morgan fingerprint density at radius 2 is 1.54 bits per heavy atom. The van der Waals surface area contributed by atoms with Crippen LogP contribution in [0.4, 0.5) is 0 Å². The van der Waals surface area contributed by atoms with E-state index in [1.165, 1.54) is 32.1 Å². The molecular formula is C20H32N2O4. The third kappa shape index (κ3) is 4.57. The fourth-order valence-corrected chi connectivity index (χ4v) is 4.70. The van der Waals surface area contributed by atoms with E-state index < -0.39 is 11.5 Å². The first-order valence-electron chi connectivity index (χ1n) is 10.3. The van der Waals surface area contributed by atoms with Gasteiger partial charge in [-0.1, -0.05) is 19.3 Å². The predicted octanol–water partition coefficient (Wildman–Crippen LogP) is 2.76. The van der Waals surface area contributed by atoms with Crippen LogP contribution in [-0.4, -0.2) is 34.5 Å². The van der Waals surface area contributed by atoms with Gasteiger partial charge >= 0.3 is 5.97 Å². The van der Waals surface area contributed by atoms with Gasteiger partial charge in [0.1, 0.15) is 5.54 Å². The predicted molar refractivity (Wildman–Crippen MR) is 97.4 cm³/mol. The molecule has 26 heavy (non-hydrogen) atoms. The van der Waals surface area contributed by atoms with Gasteiger partial charge in [-0.15, -0.1) is 0 Å². The number of hydrogen-bond donors (Lipinski definition) is 3. The topological polar surface area (TPSA) is 95.5 Å². The van der Waals surface area contributed by atoms with E-state index in [9.17, 15) is 19.5 Å². The van der Waals surface area contributed by atoms with E-state index >= 15 is 0 Å². The Hall–Kier alpha value is -1.59. The Labute approximate surface area is 155 Å². The van der Waals surface area contributed by atoms with Crippen LogP contribution in [0.1, 0.15) is 83.5 Å². The number of nitrogens with one attached hydrogen (secondary N) is 2. The van der Waals surface area contributed by atoms with Gasteiger partial charge in [0.15, 0.2) is 0 Å². The van der Waals surface area contributed by atoms with Crippen LogP contribution in [-0.2, 0) is 14.4 Å². The van der Waals surface area contributed by atoms with Crippen molar-refractivity contribution in [3.05, 3.63) is 0 Å². The van der Waals surface area contributed by atoms with Crippen LogP contribution in [0, 0.1) is 11.8 Å². The summed E-state index contributed by atoms with van der Waals surface area (Å²) in [7, 11) is 0. The lowest BCUT2D eigenvalue weighted by Gasteiger charge is -2.40. The van der Waals surface area contributed by atoms with Gasteiger partial charge in [-0.05, 0) is 63.7 Å². The molecule has 2 amide bonds. The van der Waals surface area contributed by atoms with Crippen LogP contribution in [0.5, 0.6) is 0 Å². The Bertz CT molecular complexity index is 530. The smallest absolute Gasteiger partial charge is 0.329 e. The SMILES string of the molecule is O=C(CC1CCCCC1)NC1CCC(C(=O)NC2(C(=O)O)CCC2)CC1. The van der Waals surface area contributed by atoms with E-state index in [-0.39, 0.29) is 23.8 Å². The van der Waals surface area contributed by atoms with Crippen LogP contribution < -0.4 is 10.6 Å². The molecule has 3 rings (SSSR count). The van der Waals surface area contributed by atoms with Crippen molar-refractivity contribution in [1.82, 2.24) is 10.6 Å². The molecule has 6 nitrogen and oxygen atoms in total. The minimum absolute atomic E-state index is 0.126. The van der Waals surface area contributed by atoms with Gasteiger partial charge in [0.2, 0.25) is 11.8 Å². The summed E-state index contributed by atoms with van der Waals surface area (Å²) < 4.78 is 0. The second-order valence-electron chi connectivity index (χ2n) is 8.55. The van der Waals surface area contributed by atoms with Gasteiger partial charge in [0, 0.05) is 18.4 Å². The largest absolute Gasteiger partial charge is 0.480 e. The van der Waals surface area contributed by atoms with Gasteiger partial charge < -0.3 is 15.7 Å². The third-order valence-electron chi connectivity index (χ3n) is 6.64. The van der Waals surface area contributed by atoms with E-state index in [2.05, 4.69) is 10.6 Å². The van der Waals surface area contributed by atoms with Gasteiger partial charge in [-0.2, -0.15) is 0 Å². The van der Waals surface area contributed by atoms with E-state index in [0.717, 1.165) is 32.1 Å². The number of hydrogen-bond acceptors (Lipinski definition) is 3. The molecule has 3 aliphatic rings. The number of rotatable bonds is 6. The number of carbonyl (C=O) groups is 3. The second-order valence-corrected chi connectivity index (χ2v) is 8.55. The second kappa shape index (κ2) is 8.40. The van der Waals surface area contributed by atoms with Crippen LogP contribution >= 0.6 is 0 Å². The summed E-state index contributed by atoms with van der Waals surface area (Å²) in [6.45, 7) is 0.